The summed E-state index contributed by atoms with van der Waals surface area (Å²) >= 11 is 0. The van der Waals surface area contributed by atoms with Gasteiger partial charge >= 0.3 is 0 Å². The van der Waals surface area contributed by atoms with Crippen molar-refractivity contribution in [2.75, 3.05) is 0 Å². The molecule has 0 fully saturated rings. The molecule has 0 aliphatic carbocycles. The van der Waals surface area contributed by atoms with Crippen molar-refractivity contribution >= 4 is 5.91 Å². The lowest BCUT2D eigenvalue weighted by molar-refractivity contribution is 0.0922. The Morgan fingerprint density at radius 1 is 1.04 bits per heavy atom. The van der Waals surface area contributed by atoms with E-state index in [9.17, 15) is 4.79 Å². The number of nitrogens with zero attached hydrogens (tertiary/aromatic N) is 3. The van der Waals surface area contributed by atoms with Crippen molar-refractivity contribution in [3.63, 3.8) is 0 Å². The van der Waals surface area contributed by atoms with Gasteiger partial charge in [0, 0.05) is 12.6 Å². The molecule has 5 nitrogen and oxygen atoms in total. The molecule has 1 heterocycles. The van der Waals surface area contributed by atoms with Crippen molar-refractivity contribution in [3.05, 3.63) is 72.3 Å². The van der Waals surface area contributed by atoms with E-state index in [0.29, 0.717) is 5.56 Å². The molecule has 0 saturated carbocycles. The van der Waals surface area contributed by atoms with Crippen molar-refractivity contribution in [1.29, 1.82) is 0 Å². The van der Waals surface area contributed by atoms with Crippen molar-refractivity contribution in [2.45, 2.75) is 19.9 Å². The summed E-state index contributed by atoms with van der Waals surface area (Å²) < 4.78 is 1.70. The number of hydrogen-bond acceptors (Lipinski definition) is 3. The maximum atomic E-state index is 13.0. The van der Waals surface area contributed by atoms with Crippen LogP contribution in [0.2, 0.25) is 0 Å². The molecule has 1 aromatic heterocycles. The van der Waals surface area contributed by atoms with Crippen LogP contribution in [0.4, 0.5) is 0 Å². The monoisotopic (exact) mass is 334 g/mol. The first-order valence-electron chi connectivity index (χ1n) is 8.37. The average molecular weight is 334 g/mol. The van der Waals surface area contributed by atoms with Gasteiger partial charge in [0.2, 0.25) is 0 Å². The van der Waals surface area contributed by atoms with E-state index in [1.54, 1.807) is 4.68 Å². The van der Waals surface area contributed by atoms with Crippen molar-refractivity contribution in [2.24, 2.45) is 13.0 Å². The summed E-state index contributed by atoms with van der Waals surface area (Å²) in [7, 11) is 1.84. The van der Waals surface area contributed by atoms with Gasteiger partial charge in [-0.05, 0) is 23.1 Å². The van der Waals surface area contributed by atoms with Gasteiger partial charge < -0.3 is 5.32 Å². The molecule has 25 heavy (non-hydrogen) atoms. The third kappa shape index (κ3) is 3.60. The zero-order valence-electron chi connectivity index (χ0n) is 14.7. The van der Waals surface area contributed by atoms with Crippen molar-refractivity contribution < 1.29 is 4.79 Å². The summed E-state index contributed by atoms with van der Waals surface area (Å²) in [5.41, 5.74) is 2.59. The summed E-state index contributed by atoms with van der Waals surface area (Å²) in [6, 6.07) is 17.4. The highest BCUT2D eigenvalue weighted by Gasteiger charge is 2.24. The van der Waals surface area contributed by atoms with Gasteiger partial charge in [-0.15, -0.1) is 0 Å². The van der Waals surface area contributed by atoms with Crippen LogP contribution in [0.1, 0.15) is 36.1 Å². The Kier molecular flexibility index (Phi) is 4.93. The number of amides is 1. The van der Waals surface area contributed by atoms with Crippen LogP contribution in [0.5, 0.6) is 0 Å². The van der Waals surface area contributed by atoms with E-state index in [1.165, 1.54) is 6.33 Å². The number of aryl methyl sites for hydroxylation is 1. The molecule has 0 bridgehead atoms. The lowest BCUT2D eigenvalue weighted by atomic mass is 9.98. The van der Waals surface area contributed by atoms with E-state index in [2.05, 4.69) is 29.2 Å². The van der Waals surface area contributed by atoms with Gasteiger partial charge in [0.1, 0.15) is 12.2 Å². The summed E-state index contributed by atoms with van der Waals surface area (Å²) in [4.78, 5) is 17.3. The van der Waals surface area contributed by atoms with Gasteiger partial charge in [-0.2, -0.15) is 5.10 Å². The lowest BCUT2D eigenvalue weighted by Crippen LogP contribution is -2.33. The van der Waals surface area contributed by atoms with Crippen LogP contribution in [0.3, 0.4) is 0 Å². The third-order valence-corrected chi connectivity index (χ3v) is 4.23. The number of carbonyl (C=O) groups excluding carboxylic acids is 1. The molecular formula is C20H22N4O. The van der Waals surface area contributed by atoms with Gasteiger partial charge in [-0.25, -0.2) is 4.98 Å². The highest BCUT2D eigenvalue weighted by molar-refractivity contribution is 6.01. The number of carbonyl (C=O) groups is 1. The largest absolute Gasteiger partial charge is 0.342 e. The Bertz CT molecular complexity index is 855. The first kappa shape index (κ1) is 16.9. The van der Waals surface area contributed by atoms with Crippen molar-refractivity contribution in [1.82, 2.24) is 20.1 Å². The minimum atomic E-state index is -0.205. The second-order valence-electron chi connectivity index (χ2n) is 6.35. The van der Waals surface area contributed by atoms with Crippen LogP contribution in [0.25, 0.3) is 11.1 Å². The first-order chi connectivity index (χ1) is 12.1. The summed E-state index contributed by atoms with van der Waals surface area (Å²) in [6.07, 6.45) is 1.51. The normalized spacial score (nSPS) is 12.2. The molecule has 0 spiro atoms. The standard InChI is InChI=1S/C20H22N4O/c1-14(2)18(19-21-13-22-24(19)3)23-20(25)17-12-8-7-11-16(17)15-9-5-4-6-10-15/h4-14,18H,1-3H3,(H,23,25)/t18-/m0/s1. The van der Waals surface area contributed by atoms with Crippen LogP contribution in [0, 0.1) is 5.92 Å². The second kappa shape index (κ2) is 7.30. The van der Waals surface area contributed by atoms with Crippen LogP contribution < -0.4 is 5.32 Å². The van der Waals surface area contributed by atoms with Gasteiger partial charge in [-0.1, -0.05) is 62.4 Å². The Labute approximate surface area is 147 Å². The maximum Gasteiger partial charge on any atom is 0.252 e. The van der Waals surface area contributed by atoms with Crippen molar-refractivity contribution in [3.8, 4) is 11.1 Å². The van der Waals surface area contributed by atoms with Gasteiger partial charge in [-0.3, -0.25) is 9.48 Å². The molecule has 0 aliphatic rings. The van der Waals surface area contributed by atoms with Gasteiger partial charge in [0.25, 0.3) is 5.91 Å². The molecule has 3 aromatic rings. The highest BCUT2D eigenvalue weighted by Crippen LogP contribution is 2.25. The summed E-state index contributed by atoms with van der Waals surface area (Å²) in [5, 5.41) is 7.24. The summed E-state index contributed by atoms with van der Waals surface area (Å²) in [5.74, 6) is 0.831. The number of benzene rings is 2. The SMILES string of the molecule is CC(C)[C@H](NC(=O)c1ccccc1-c1ccccc1)c1ncnn1C. The zero-order valence-corrected chi connectivity index (χ0v) is 14.7. The minimum absolute atomic E-state index is 0.110. The third-order valence-electron chi connectivity index (χ3n) is 4.23. The molecule has 1 atom stereocenters. The van der Waals surface area contributed by atoms with Crippen LogP contribution in [-0.2, 0) is 7.05 Å². The Balaban J connectivity index is 1.92. The maximum absolute atomic E-state index is 13.0. The molecule has 0 unspecified atom stereocenters. The molecular weight excluding hydrogens is 312 g/mol. The van der Waals surface area contributed by atoms with E-state index in [0.717, 1.165) is 17.0 Å². The summed E-state index contributed by atoms with van der Waals surface area (Å²) in [6.45, 7) is 4.12. The zero-order chi connectivity index (χ0) is 17.8. The molecule has 0 radical (unpaired) electrons. The highest BCUT2D eigenvalue weighted by atomic mass is 16.1. The van der Waals surface area contributed by atoms with E-state index < -0.39 is 0 Å². The van der Waals surface area contributed by atoms with Crippen LogP contribution in [0.15, 0.2) is 60.9 Å². The number of nitrogens with one attached hydrogen (secondary N) is 1. The minimum Gasteiger partial charge on any atom is -0.342 e. The Morgan fingerprint density at radius 2 is 1.72 bits per heavy atom. The number of hydrogen-bond donors (Lipinski definition) is 1. The predicted octanol–water partition coefficient (Wildman–Crippen LogP) is 3.61. The molecule has 1 N–H and O–H groups in total. The van der Waals surface area contributed by atoms with Crippen LogP contribution >= 0.6 is 0 Å². The molecule has 0 aliphatic heterocycles. The fourth-order valence-electron chi connectivity index (χ4n) is 2.89. The molecule has 2 aromatic carbocycles. The smallest absolute Gasteiger partial charge is 0.252 e. The Morgan fingerprint density at radius 3 is 2.36 bits per heavy atom. The fourth-order valence-corrected chi connectivity index (χ4v) is 2.89. The average Bonchev–Trinajstić information content (AvgIpc) is 3.05. The van der Waals surface area contributed by atoms with Gasteiger partial charge in [0.15, 0.2) is 0 Å². The quantitative estimate of drug-likeness (QED) is 0.775. The second-order valence-corrected chi connectivity index (χ2v) is 6.35. The first-order valence-corrected chi connectivity index (χ1v) is 8.37. The Hall–Kier alpha value is -2.95. The predicted molar refractivity (Wildman–Crippen MR) is 97.9 cm³/mol. The molecule has 3 rings (SSSR count). The lowest BCUT2D eigenvalue weighted by Gasteiger charge is -2.22. The number of rotatable bonds is 5. The van der Waals surface area contributed by atoms with Gasteiger partial charge in [0.05, 0.1) is 6.04 Å². The number of aromatic nitrogens is 3. The molecule has 5 heteroatoms. The van der Waals surface area contributed by atoms with Crippen LogP contribution in [-0.4, -0.2) is 20.7 Å². The van der Waals surface area contributed by atoms with E-state index in [1.807, 2.05) is 61.6 Å². The molecule has 0 saturated heterocycles. The molecule has 128 valence electrons. The topological polar surface area (TPSA) is 59.8 Å². The van der Waals surface area contributed by atoms with E-state index >= 15 is 0 Å². The fraction of sp³-hybridized carbons (Fsp3) is 0.250. The van der Waals surface area contributed by atoms with E-state index in [4.69, 9.17) is 0 Å². The van der Waals surface area contributed by atoms with E-state index in [-0.39, 0.29) is 17.9 Å². The molecule has 1 amide bonds.